The topological polar surface area (TPSA) is 113 Å². The summed E-state index contributed by atoms with van der Waals surface area (Å²) in [5.74, 6) is -1.12. The van der Waals surface area contributed by atoms with Gasteiger partial charge in [-0.15, -0.1) is 11.3 Å². The van der Waals surface area contributed by atoms with E-state index in [2.05, 4.69) is 9.71 Å². The van der Waals surface area contributed by atoms with Gasteiger partial charge in [-0.1, -0.05) is 12.1 Å². The van der Waals surface area contributed by atoms with Crippen molar-refractivity contribution in [3.05, 3.63) is 41.4 Å². The minimum Gasteiger partial charge on any atom is -0.481 e. The average Bonchev–Trinajstić information content (AvgIpc) is 3.03. The second-order valence-electron chi connectivity index (χ2n) is 5.02. The molecule has 1 aromatic heterocycles. The summed E-state index contributed by atoms with van der Waals surface area (Å²) < 4.78 is 26.7. The molecule has 0 fully saturated rings. The van der Waals surface area contributed by atoms with Crippen LogP contribution < -0.4 is 4.72 Å². The highest BCUT2D eigenvalue weighted by Crippen LogP contribution is 2.18. The van der Waals surface area contributed by atoms with E-state index in [1.54, 1.807) is 17.5 Å². The molecular formula is C15H16N2O5S2. The van der Waals surface area contributed by atoms with Gasteiger partial charge < -0.3 is 5.11 Å². The first-order valence-corrected chi connectivity index (χ1v) is 9.48. The lowest BCUT2D eigenvalue weighted by atomic mass is 10.1. The number of hydrogen-bond acceptors (Lipinski definition) is 6. The van der Waals surface area contributed by atoms with Gasteiger partial charge in [-0.25, -0.2) is 13.4 Å². The van der Waals surface area contributed by atoms with Crippen molar-refractivity contribution in [3.8, 4) is 0 Å². The van der Waals surface area contributed by atoms with Crippen LogP contribution >= 0.6 is 11.3 Å². The first-order chi connectivity index (χ1) is 11.4. The van der Waals surface area contributed by atoms with Gasteiger partial charge in [0.1, 0.15) is 5.78 Å². The maximum absolute atomic E-state index is 12.2. The molecule has 0 radical (unpaired) electrons. The summed E-state index contributed by atoms with van der Waals surface area (Å²) in [4.78, 5) is 25.9. The molecule has 0 saturated heterocycles. The van der Waals surface area contributed by atoms with Crippen LogP contribution in [0.25, 0.3) is 0 Å². The van der Waals surface area contributed by atoms with Crippen molar-refractivity contribution in [1.82, 2.24) is 4.98 Å². The van der Waals surface area contributed by atoms with Gasteiger partial charge in [0, 0.05) is 24.4 Å². The van der Waals surface area contributed by atoms with Crippen LogP contribution in [-0.4, -0.2) is 30.3 Å². The molecule has 1 aromatic carbocycles. The Hall–Kier alpha value is -2.26. The van der Waals surface area contributed by atoms with Crippen LogP contribution in [0.4, 0.5) is 5.13 Å². The molecule has 0 atom stereocenters. The highest BCUT2D eigenvalue weighted by Gasteiger charge is 2.15. The molecule has 0 spiro atoms. The number of nitrogens with zero attached hydrogens (tertiary/aromatic N) is 1. The van der Waals surface area contributed by atoms with Crippen molar-refractivity contribution < 1.29 is 23.1 Å². The molecule has 128 valence electrons. The molecule has 7 nitrogen and oxygen atoms in total. The summed E-state index contributed by atoms with van der Waals surface area (Å²) in [6.07, 6.45) is 2.03. The van der Waals surface area contributed by atoms with Crippen LogP contribution in [0.2, 0.25) is 0 Å². The molecule has 9 heteroatoms. The SMILES string of the molecule is O=C(O)CCC(=O)CCc1ccc(S(=O)(=O)Nc2nccs2)cc1. The van der Waals surface area contributed by atoms with Crippen molar-refractivity contribution in [2.75, 3.05) is 4.72 Å². The molecule has 0 amide bonds. The monoisotopic (exact) mass is 368 g/mol. The largest absolute Gasteiger partial charge is 0.481 e. The fraction of sp³-hybridized carbons (Fsp3) is 0.267. The molecule has 0 bridgehead atoms. The summed E-state index contributed by atoms with van der Waals surface area (Å²) in [5.41, 5.74) is 0.812. The molecule has 2 rings (SSSR count). The Morgan fingerprint density at radius 2 is 1.83 bits per heavy atom. The number of Topliss-reactive ketones (excluding diaryl/α,β-unsaturated/α-hetero) is 1. The van der Waals surface area contributed by atoms with E-state index in [0.717, 1.165) is 5.56 Å². The van der Waals surface area contributed by atoms with Gasteiger partial charge in [-0.2, -0.15) is 0 Å². The summed E-state index contributed by atoms with van der Waals surface area (Å²) in [6.45, 7) is 0. The molecule has 1 heterocycles. The van der Waals surface area contributed by atoms with E-state index in [4.69, 9.17) is 5.11 Å². The summed E-state index contributed by atoms with van der Waals surface area (Å²) in [7, 11) is -3.68. The van der Waals surface area contributed by atoms with Crippen molar-refractivity contribution in [2.24, 2.45) is 0 Å². The van der Waals surface area contributed by atoms with Crippen LogP contribution in [0.1, 0.15) is 24.8 Å². The molecule has 0 aliphatic carbocycles. The standard InChI is InChI=1S/C15H16N2O5S2/c18-12(5-8-14(19)20)4-1-11-2-6-13(7-3-11)24(21,22)17-15-16-9-10-23-15/h2-3,6-7,9-10H,1,4-5,8H2,(H,16,17)(H,19,20). The zero-order valence-electron chi connectivity index (χ0n) is 12.6. The number of carboxylic acid groups (broad SMARTS) is 1. The molecule has 0 aliphatic rings. The maximum Gasteiger partial charge on any atom is 0.303 e. The van der Waals surface area contributed by atoms with E-state index in [-0.39, 0.29) is 29.9 Å². The minimum absolute atomic E-state index is 0.0134. The Balaban J connectivity index is 1.93. The van der Waals surface area contributed by atoms with Gasteiger partial charge >= 0.3 is 5.97 Å². The summed E-state index contributed by atoms with van der Waals surface area (Å²) >= 11 is 1.18. The second-order valence-corrected chi connectivity index (χ2v) is 7.60. The third kappa shape index (κ3) is 5.43. The second kappa shape index (κ2) is 8.02. The highest BCUT2D eigenvalue weighted by molar-refractivity contribution is 7.93. The zero-order valence-corrected chi connectivity index (χ0v) is 14.3. The molecule has 0 saturated carbocycles. The molecule has 2 aromatic rings. The number of hydrogen-bond donors (Lipinski definition) is 2. The van der Waals surface area contributed by atoms with Gasteiger partial charge in [0.05, 0.1) is 11.3 Å². The number of nitrogens with one attached hydrogen (secondary N) is 1. The van der Waals surface area contributed by atoms with Crippen molar-refractivity contribution in [3.63, 3.8) is 0 Å². The Bertz CT molecular complexity index is 799. The number of ketones is 1. The van der Waals surface area contributed by atoms with E-state index < -0.39 is 16.0 Å². The smallest absolute Gasteiger partial charge is 0.303 e. The Kier molecular flexibility index (Phi) is 6.04. The Morgan fingerprint density at radius 1 is 1.12 bits per heavy atom. The van der Waals surface area contributed by atoms with Crippen molar-refractivity contribution >= 4 is 38.2 Å². The Labute approximate surface area is 143 Å². The number of anilines is 1. The Morgan fingerprint density at radius 3 is 2.42 bits per heavy atom. The number of sulfonamides is 1. The third-order valence-corrected chi connectivity index (χ3v) is 5.37. The van der Waals surface area contributed by atoms with Gasteiger partial charge in [0.2, 0.25) is 0 Å². The quantitative estimate of drug-likeness (QED) is 0.702. The van der Waals surface area contributed by atoms with E-state index in [1.165, 1.54) is 29.7 Å². The number of aryl methyl sites for hydroxylation is 1. The number of benzene rings is 1. The fourth-order valence-corrected chi connectivity index (χ4v) is 3.73. The number of carbonyl (C=O) groups is 2. The van der Waals surface area contributed by atoms with Crippen LogP contribution in [0.5, 0.6) is 0 Å². The number of carbonyl (C=O) groups excluding carboxylic acids is 1. The lowest BCUT2D eigenvalue weighted by Gasteiger charge is -2.06. The number of rotatable bonds is 9. The molecule has 0 unspecified atom stereocenters. The molecule has 2 N–H and O–H groups in total. The molecule has 0 aliphatic heterocycles. The van der Waals surface area contributed by atoms with E-state index >= 15 is 0 Å². The normalized spacial score (nSPS) is 11.2. The first-order valence-electron chi connectivity index (χ1n) is 7.11. The highest BCUT2D eigenvalue weighted by atomic mass is 32.2. The van der Waals surface area contributed by atoms with Crippen LogP contribution in [0, 0.1) is 0 Å². The zero-order chi connectivity index (χ0) is 17.6. The molecule has 24 heavy (non-hydrogen) atoms. The minimum atomic E-state index is -3.68. The number of aliphatic carboxylic acids is 1. The summed E-state index contributed by atoms with van der Waals surface area (Å²) in [6, 6.07) is 6.21. The summed E-state index contributed by atoms with van der Waals surface area (Å²) in [5, 5.41) is 10.5. The van der Waals surface area contributed by atoms with Crippen LogP contribution in [-0.2, 0) is 26.0 Å². The third-order valence-electron chi connectivity index (χ3n) is 3.20. The van der Waals surface area contributed by atoms with E-state index in [0.29, 0.717) is 11.6 Å². The predicted octanol–water partition coefficient (Wildman–Crippen LogP) is 2.31. The number of aromatic nitrogens is 1. The average molecular weight is 368 g/mol. The predicted molar refractivity (Wildman–Crippen MR) is 89.6 cm³/mol. The number of carboxylic acids is 1. The lowest BCUT2D eigenvalue weighted by Crippen LogP contribution is -2.12. The fourth-order valence-electron chi connectivity index (χ4n) is 1.94. The van der Waals surface area contributed by atoms with E-state index in [9.17, 15) is 18.0 Å². The van der Waals surface area contributed by atoms with Crippen molar-refractivity contribution in [1.29, 1.82) is 0 Å². The van der Waals surface area contributed by atoms with Gasteiger partial charge in [-0.3, -0.25) is 14.3 Å². The lowest BCUT2D eigenvalue weighted by molar-refractivity contribution is -0.138. The van der Waals surface area contributed by atoms with Crippen LogP contribution in [0.3, 0.4) is 0 Å². The maximum atomic E-state index is 12.2. The first kappa shape index (κ1) is 18.1. The van der Waals surface area contributed by atoms with Crippen molar-refractivity contribution in [2.45, 2.75) is 30.6 Å². The molecular weight excluding hydrogens is 352 g/mol. The van der Waals surface area contributed by atoms with Gasteiger partial charge in [0.25, 0.3) is 10.0 Å². The van der Waals surface area contributed by atoms with Gasteiger partial charge in [0.15, 0.2) is 5.13 Å². The van der Waals surface area contributed by atoms with Crippen LogP contribution in [0.15, 0.2) is 40.7 Å². The van der Waals surface area contributed by atoms with E-state index in [1.807, 2.05) is 0 Å². The number of thiazole rings is 1. The van der Waals surface area contributed by atoms with Gasteiger partial charge in [-0.05, 0) is 24.1 Å².